The smallest absolute Gasteiger partial charge is 0.0608 e. The van der Waals surface area contributed by atoms with E-state index < -0.39 is 0 Å². The van der Waals surface area contributed by atoms with Crippen LogP contribution in [0.4, 0.5) is 11.4 Å². The Morgan fingerprint density at radius 2 is 2.28 bits per heavy atom. The highest BCUT2D eigenvalue weighted by molar-refractivity contribution is 9.10. The van der Waals surface area contributed by atoms with E-state index in [1.165, 1.54) is 0 Å². The van der Waals surface area contributed by atoms with Crippen LogP contribution in [-0.4, -0.2) is 15.8 Å². The van der Waals surface area contributed by atoms with E-state index in [-0.39, 0.29) is 6.04 Å². The minimum absolute atomic E-state index is 0.282. The first-order valence-electron chi connectivity index (χ1n) is 5.86. The van der Waals surface area contributed by atoms with Crippen molar-refractivity contribution in [2.75, 3.05) is 11.1 Å². The van der Waals surface area contributed by atoms with E-state index in [0.717, 1.165) is 28.0 Å². The highest BCUT2D eigenvalue weighted by Crippen LogP contribution is 2.28. The summed E-state index contributed by atoms with van der Waals surface area (Å²) in [5.74, 6) is 0. The van der Waals surface area contributed by atoms with Crippen LogP contribution < -0.4 is 11.1 Å². The largest absolute Gasteiger partial charge is 0.398 e. The van der Waals surface area contributed by atoms with Crippen molar-refractivity contribution < 1.29 is 0 Å². The molecule has 0 aliphatic heterocycles. The fourth-order valence-corrected chi connectivity index (χ4v) is 2.28. The van der Waals surface area contributed by atoms with Gasteiger partial charge in [-0.25, -0.2) is 0 Å². The molecule has 0 aliphatic rings. The van der Waals surface area contributed by atoms with Crippen LogP contribution in [0.3, 0.4) is 0 Å². The third-order valence-electron chi connectivity index (χ3n) is 2.78. The summed E-state index contributed by atoms with van der Waals surface area (Å²) >= 11 is 3.52. The summed E-state index contributed by atoms with van der Waals surface area (Å²) in [6, 6.07) is 6.19. The number of anilines is 2. The summed E-state index contributed by atoms with van der Waals surface area (Å²) < 4.78 is 2.90. The number of rotatable bonds is 4. The van der Waals surface area contributed by atoms with Gasteiger partial charge in [-0.15, -0.1) is 0 Å². The van der Waals surface area contributed by atoms with Crippen LogP contribution in [0.25, 0.3) is 0 Å². The number of aromatic nitrogens is 2. The maximum absolute atomic E-state index is 5.86. The van der Waals surface area contributed by atoms with Crippen LogP contribution >= 0.6 is 15.9 Å². The molecule has 1 heterocycles. The van der Waals surface area contributed by atoms with Gasteiger partial charge in [0.2, 0.25) is 0 Å². The van der Waals surface area contributed by atoms with Gasteiger partial charge in [-0.1, -0.05) is 0 Å². The minimum atomic E-state index is 0.282. The van der Waals surface area contributed by atoms with Gasteiger partial charge >= 0.3 is 0 Å². The van der Waals surface area contributed by atoms with Gasteiger partial charge in [-0.2, -0.15) is 5.10 Å². The first-order valence-corrected chi connectivity index (χ1v) is 6.65. The lowest BCUT2D eigenvalue weighted by Crippen LogP contribution is -2.22. The van der Waals surface area contributed by atoms with Crippen LogP contribution in [0, 0.1) is 6.92 Å². The molecular formula is C13H17BrN4. The second-order valence-corrected chi connectivity index (χ2v) is 5.32. The predicted molar refractivity (Wildman–Crippen MR) is 78.6 cm³/mol. The first-order chi connectivity index (χ1) is 8.56. The Bertz CT molecular complexity index is 522. The monoisotopic (exact) mass is 308 g/mol. The van der Waals surface area contributed by atoms with Crippen molar-refractivity contribution in [1.82, 2.24) is 9.78 Å². The molecule has 0 saturated heterocycles. The summed E-state index contributed by atoms with van der Waals surface area (Å²) in [7, 11) is 0. The normalized spacial score (nSPS) is 12.4. The minimum Gasteiger partial charge on any atom is -0.398 e. The Hall–Kier alpha value is -1.49. The van der Waals surface area contributed by atoms with Crippen molar-refractivity contribution in [3.8, 4) is 0 Å². The molecule has 1 aromatic carbocycles. The van der Waals surface area contributed by atoms with E-state index >= 15 is 0 Å². The van der Waals surface area contributed by atoms with E-state index in [9.17, 15) is 0 Å². The second-order valence-electron chi connectivity index (χ2n) is 4.46. The lowest BCUT2D eigenvalue weighted by molar-refractivity contribution is 0.561. The van der Waals surface area contributed by atoms with Crippen LogP contribution in [0.5, 0.6) is 0 Å². The topological polar surface area (TPSA) is 55.9 Å². The molecule has 0 bridgehead atoms. The standard InChI is InChI=1S/C13H17BrN4/c1-9-6-13(11(14)7-12(9)15)17-10(2)8-18-5-3-4-16-18/h3-7,10,17H,8,15H2,1-2H3. The average Bonchev–Trinajstić information content (AvgIpc) is 2.78. The number of nitrogens with one attached hydrogen (secondary N) is 1. The van der Waals surface area contributed by atoms with Gasteiger partial charge in [0, 0.05) is 34.3 Å². The summed E-state index contributed by atoms with van der Waals surface area (Å²) in [5, 5.41) is 7.65. The molecule has 0 amide bonds. The van der Waals surface area contributed by atoms with E-state index in [2.05, 4.69) is 39.3 Å². The van der Waals surface area contributed by atoms with Gasteiger partial charge in [0.25, 0.3) is 0 Å². The van der Waals surface area contributed by atoms with Crippen LogP contribution in [0.1, 0.15) is 12.5 Å². The highest BCUT2D eigenvalue weighted by Gasteiger charge is 2.08. The number of hydrogen-bond donors (Lipinski definition) is 2. The molecule has 18 heavy (non-hydrogen) atoms. The lowest BCUT2D eigenvalue weighted by atomic mass is 10.1. The Labute approximate surface area is 115 Å². The van der Waals surface area contributed by atoms with E-state index in [4.69, 9.17) is 5.73 Å². The molecule has 2 rings (SSSR count). The quantitative estimate of drug-likeness (QED) is 0.854. The van der Waals surface area contributed by atoms with Crippen molar-refractivity contribution in [3.05, 3.63) is 40.6 Å². The molecule has 96 valence electrons. The van der Waals surface area contributed by atoms with Crippen LogP contribution in [0.15, 0.2) is 35.1 Å². The van der Waals surface area contributed by atoms with E-state index in [0.29, 0.717) is 0 Å². The molecule has 2 aromatic rings. The lowest BCUT2D eigenvalue weighted by Gasteiger charge is -2.17. The Morgan fingerprint density at radius 1 is 1.50 bits per heavy atom. The zero-order valence-corrected chi connectivity index (χ0v) is 12.1. The molecule has 0 fully saturated rings. The fourth-order valence-electron chi connectivity index (χ4n) is 1.81. The number of hydrogen-bond acceptors (Lipinski definition) is 3. The van der Waals surface area contributed by atoms with Crippen LogP contribution in [-0.2, 0) is 6.54 Å². The van der Waals surface area contributed by atoms with Crippen molar-refractivity contribution in [1.29, 1.82) is 0 Å². The number of halogens is 1. The third kappa shape index (κ3) is 3.04. The molecular weight excluding hydrogens is 292 g/mol. The van der Waals surface area contributed by atoms with Crippen molar-refractivity contribution in [3.63, 3.8) is 0 Å². The molecule has 0 aliphatic carbocycles. The summed E-state index contributed by atoms with van der Waals surface area (Å²) in [6.45, 7) is 4.95. The van der Waals surface area contributed by atoms with E-state index in [1.54, 1.807) is 6.20 Å². The summed E-state index contributed by atoms with van der Waals surface area (Å²) in [6.07, 6.45) is 3.75. The van der Waals surface area contributed by atoms with E-state index in [1.807, 2.05) is 29.9 Å². The van der Waals surface area contributed by atoms with Crippen molar-refractivity contribution in [2.45, 2.75) is 26.4 Å². The number of benzene rings is 1. The molecule has 1 atom stereocenters. The molecule has 1 aromatic heterocycles. The number of nitrogen functional groups attached to an aromatic ring is 1. The Morgan fingerprint density at radius 3 is 2.94 bits per heavy atom. The van der Waals surface area contributed by atoms with Crippen molar-refractivity contribution >= 4 is 27.3 Å². The van der Waals surface area contributed by atoms with Crippen molar-refractivity contribution in [2.24, 2.45) is 0 Å². The molecule has 0 saturated carbocycles. The van der Waals surface area contributed by atoms with Gasteiger partial charge in [0.1, 0.15) is 0 Å². The van der Waals surface area contributed by atoms with Gasteiger partial charge in [-0.3, -0.25) is 4.68 Å². The Balaban J connectivity index is 2.07. The van der Waals surface area contributed by atoms with Gasteiger partial charge in [-0.05, 0) is 53.5 Å². The summed E-state index contributed by atoms with van der Waals surface area (Å²) in [5.41, 5.74) is 8.79. The maximum Gasteiger partial charge on any atom is 0.0608 e. The zero-order chi connectivity index (χ0) is 13.1. The molecule has 0 radical (unpaired) electrons. The highest BCUT2D eigenvalue weighted by atomic mass is 79.9. The van der Waals surface area contributed by atoms with Gasteiger partial charge in [0.05, 0.1) is 6.54 Å². The molecule has 5 heteroatoms. The zero-order valence-electron chi connectivity index (χ0n) is 10.5. The SMILES string of the molecule is Cc1cc(NC(C)Cn2cccn2)c(Br)cc1N. The number of aryl methyl sites for hydroxylation is 1. The molecule has 0 spiro atoms. The molecule has 4 nitrogen and oxygen atoms in total. The van der Waals surface area contributed by atoms with Crippen LogP contribution in [0.2, 0.25) is 0 Å². The molecule has 3 N–H and O–H groups in total. The average molecular weight is 309 g/mol. The number of nitrogens with two attached hydrogens (primary N) is 1. The van der Waals surface area contributed by atoms with Gasteiger partial charge < -0.3 is 11.1 Å². The first kappa shape index (κ1) is 13.0. The second kappa shape index (κ2) is 5.44. The Kier molecular flexibility index (Phi) is 3.91. The molecule has 1 unspecified atom stereocenters. The fraction of sp³-hybridized carbons (Fsp3) is 0.308. The predicted octanol–water partition coefficient (Wildman–Crippen LogP) is 3.04. The third-order valence-corrected chi connectivity index (χ3v) is 3.43. The summed E-state index contributed by atoms with van der Waals surface area (Å²) in [4.78, 5) is 0. The number of nitrogens with zero attached hydrogens (tertiary/aromatic N) is 2. The maximum atomic E-state index is 5.86. The van der Waals surface area contributed by atoms with Gasteiger partial charge in [0.15, 0.2) is 0 Å².